The fourth-order valence-corrected chi connectivity index (χ4v) is 3.24. The predicted octanol–water partition coefficient (Wildman–Crippen LogP) is 3.16. The van der Waals surface area contributed by atoms with Crippen molar-refractivity contribution < 1.29 is 4.74 Å². The Morgan fingerprint density at radius 3 is 3.04 bits per heavy atom. The summed E-state index contributed by atoms with van der Waals surface area (Å²) in [7, 11) is 0. The molecule has 3 rings (SSSR count). The maximum atomic E-state index is 6.03. The molecule has 0 aromatic carbocycles. The summed E-state index contributed by atoms with van der Waals surface area (Å²) in [6.07, 6.45) is 11.1. The van der Waals surface area contributed by atoms with Gasteiger partial charge < -0.3 is 10.1 Å². The number of nitrogens with zero attached hydrogens (tertiary/aromatic N) is 2. The topological polar surface area (TPSA) is 62.8 Å². The van der Waals surface area contributed by atoms with Crippen molar-refractivity contribution in [3.05, 3.63) is 36.3 Å². The number of aromatic nitrogens is 3. The van der Waals surface area contributed by atoms with Gasteiger partial charge in [0.2, 0.25) is 0 Å². The average molecular weight is 314 g/mol. The predicted molar refractivity (Wildman–Crippen MR) is 90.9 cm³/mol. The molecule has 0 spiro atoms. The van der Waals surface area contributed by atoms with Gasteiger partial charge in [0, 0.05) is 36.6 Å². The fraction of sp³-hybridized carbons (Fsp3) is 0.556. The Kier molecular flexibility index (Phi) is 5.77. The lowest BCUT2D eigenvalue weighted by Crippen LogP contribution is -2.29. The van der Waals surface area contributed by atoms with Gasteiger partial charge in [0.15, 0.2) is 0 Å². The number of aromatic amines is 1. The van der Waals surface area contributed by atoms with Crippen LogP contribution >= 0.6 is 0 Å². The molecule has 1 saturated carbocycles. The summed E-state index contributed by atoms with van der Waals surface area (Å²) >= 11 is 0. The van der Waals surface area contributed by atoms with E-state index in [1.807, 2.05) is 24.5 Å². The highest BCUT2D eigenvalue weighted by Crippen LogP contribution is 2.26. The molecule has 2 heterocycles. The molecule has 0 unspecified atom stereocenters. The largest absolute Gasteiger partial charge is 0.377 e. The van der Waals surface area contributed by atoms with Gasteiger partial charge >= 0.3 is 0 Å². The van der Waals surface area contributed by atoms with Gasteiger partial charge in [-0.25, -0.2) is 0 Å². The molecular formula is C18H26N4O. The van der Waals surface area contributed by atoms with Crippen LogP contribution in [0.25, 0.3) is 11.3 Å². The van der Waals surface area contributed by atoms with Crippen molar-refractivity contribution in [2.45, 2.75) is 45.3 Å². The van der Waals surface area contributed by atoms with E-state index in [4.69, 9.17) is 4.74 Å². The van der Waals surface area contributed by atoms with Crippen LogP contribution in [0.1, 0.15) is 38.2 Å². The Morgan fingerprint density at radius 2 is 2.22 bits per heavy atom. The van der Waals surface area contributed by atoms with E-state index in [0.717, 1.165) is 36.5 Å². The minimum atomic E-state index is 0.449. The zero-order valence-electron chi connectivity index (χ0n) is 13.8. The van der Waals surface area contributed by atoms with E-state index in [1.165, 1.54) is 25.7 Å². The van der Waals surface area contributed by atoms with E-state index in [2.05, 4.69) is 27.4 Å². The highest BCUT2D eigenvalue weighted by molar-refractivity contribution is 5.61. The molecule has 0 aliphatic heterocycles. The minimum absolute atomic E-state index is 0.449. The first kappa shape index (κ1) is 16.1. The van der Waals surface area contributed by atoms with Crippen LogP contribution in [0.4, 0.5) is 0 Å². The molecule has 5 nitrogen and oxygen atoms in total. The van der Waals surface area contributed by atoms with Crippen LogP contribution in [-0.2, 0) is 11.3 Å². The van der Waals surface area contributed by atoms with Crippen LogP contribution < -0.4 is 5.32 Å². The molecule has 1 aliphatic carbocycles. The Bertz CT molecular complexity index is 584. The molecular weight excluding hydrogens is 288 g/mol. The number of H-pyrrole nitrogens is 1. The molecule has 2 N–H and O–H groups in total. The first-order valence-corrected chi connectivity index (χ1v) is 8.59. The van der Waals surface area contributed by atoms with Gasteiger partial charge in [-0.2, -0.15) is 5.10 Å². The van der Waals surface area contributed by atoms with Crippen LogP contribution in [-0.4, -0.2) is 34.4 Å². The number of hydrogen-bond donors (Lipinski definition) is 2. The number of hydrogen-bond acceptors (Lipinski definition) is 4. The molecule has 124 valence electrons. The Hall–Kier alpha value is -1.72. The molecule has 1 aliphatic rings. The molecule has 1 fully saturated rings. The van der Waals surface area contributed by atoms with E-state index in [9.17, 15) is 0 Å². The molecule has 0 radical (unpaired) electrons. The number of nitrogens with one attached hydrogen (secondary N) is 2. The number of pyridine rings is 1. The zero-order chi connectivity index (χ0) is 15.9. The minimum Gasteiger partial charge on any atom is -0.377 e. The third kappa shape index (κ3) is 4.39. The van der Waals surface area contributed by atoms with E-state index in [-0.39, 0.29) is 0 Å². The van der Waals surface area contributed by atoms with Crippen molar-refractivity contribution in [3.63, 3.8) is 0 Å². The van der Waals surface area contributed by atoms with Gasteiger partial charge in [0.1, 0.15) is 0 Å². The van der Waals surface area contributed by atoms with Crippen LogP contribution in [0.2, 0.25) is 0 Å². The molecule has 5 heteroatoms. The monoisotopic (exact) mass is 314 g/mol. The van der Waals surface area contributed by atoms with Crippen LogP contribution in [0.15, 0.2) is 30.7 Å². The van der Waals surface area contributed by atoms with Crippen LogP contribution in [0, 0.1) is 5.92 Å². The van der Waals surface area contributed by atoms with E-state index in [0.29, 0.717) is 12.0 Å². The normalized spacial score (nSPS) is 21.4. The summed E-state index contributed by atoms with van der Waals surface area (Å²) in [5, 5.41) is 10.7. The van der Waals surface area contributed by atoms with Gasteiger partial charge in [-0.15, -0.1) is 0 Å². The first-order valence-electron chi connectivity index (χ1n) is 8.59. The van der Waals surface area contributed by atoms with E-state index >= 15 is 0 Å². The van der Waals surface area contributed by atoms with Crippen molar-refractivity contribution in [3.8, 4) is 11.3 Å². The van der Waals surface area contributed by atoms with Gasteiger partial charge in [-0.3, -0.25) is 10.1 Å². The molecule has 2 atom stereocenters. The Labute approximate surface area is 137 Å². The quantitative estimate of drug-likeness (QED) is 0.771. The lowest BCUT2D eigenvalue weighted by Gasteiger charge is -2.28. The Morgan fingerprint density at radius 1 is 1.30 bits per heavy atom. The molecule has 0 amide bonds. The Balaban J connectivity index is 1.42. The molecule has 0 bridgehead atoms. The third-order valence-electron chi connectivity index (χ3n) is 4.63. The standard InChI is InChI=1S/C18H26N4O/c1-14-5-2-3-7-17(14)23-10-9-20-12-16-13-21-22-18(16)15-6-4-8-19-11-15/h4,6,8,11,13-14,17,20H,2-3,5,7,9-10,12H2,1H3,(H,21,22)/t14-,17-/m0/s1. The SMILES string of the molecule is C[C@H]1CCCC[C@@H]1OCCNCc1cn[nH]c1-c1cccnc1. The first-order chi connectivity index (χ1) is 11.3. The van der Waals surface area contributed by atoms with Crippen LogP contribution in [0.3, 0.4) is 0 Å². The number of ether oxygens (including phenoxy) is 1. The maximum absolute atomic E-state index is 6.03. The second-order valence-electron chi connectivity index (χ2n) is 6.36. The van der Waals surface area contributed by atoms with Crippen molar-refractivity contribution in [1.82, 2.24) is 20.5 Å². The fourth-order valence-electron chi connectivity index (χ4n) is 3.24. The molecule has 2 aromatic rings. The van der Waals surface area contributed by atoms with Crippen molar-refractivity contribution in [2.75, 3.05) is 13.2 Å². The van der Waals surface area contributed by atoms with Gasteiger partial charge in [0.25, 0.3) is 0 Å². The smallest absolute Gasteiger partial charge is 0.0710 e. The summed E-state index contributed by atoms with van der Waals surface area (Å²) in [6.45, 7) is 4.73. The summed E-state index contributed by atoms with van der Waals surface area (Å²) in [5.74, 6) is 0.704. The molecule has 0 saturated heterocycles. The lowest BCUT2D eigenvalue weighted by atomic mass is 9.88. The number of rotatable bonds is 7. The summed E-state index contributed by atoms with van der Waals surface area (Å²) in [4.78, 5) is 4.16. The lowest BCUT2D eigenvalue weighted by molar-refractivity contribution is -0.00322. The highest BCUT2D eigenvalue weighted by Gasteiger charge is 2.21. The van der Waals surface area contributed by atoms with E-state index < -0.39 is 0 Å². The zero-order valence-corrected chi connectivity index (χ0v) is 13.8. The van der Waals surface area contributed by atoms with Crippen molar-refractivity contribution >= 4 is 0 Å². The highest BCUT2D eigenvalue weighted by atomic mass is 16.5. The summed E-state index contributed by atoms with van der Waals surface area (Å²) in [6, 6.07) is 3.98. The molecule has 23 heavy (non-hydrogen) atoms. The summed E-state index contributed by atoms with van der Waals surface area (Å²) in [5.41, 5.74) is 3.26. The van der Waals surface area contributed by atoms with E-state index in [1.54, 1.807) is 6.20 Å². The maximum Gasteiger partial charge on any atom is 0.0710 e. The second kappa shape index (κ2) is 8.22. The van der Waals surface area contributed by atoms with Crippen molar-refractivity contribution in [2.24, 2.45) is 5.92 Å². The van der Waals surface area contributed by atoms with Crippen molar-refractivity contribution in [1.29, 1.82) is 0 Å². The van der Waals surface area contributed by atoms with Crippen LogP contribution in [0.5, 0.6) is 0 Å². The van der Waals surface area contributed by atoms with Gasteiger partial charge in [0.05, 0.1) is 24.6 Å². The third-order valence-corrected chi connectivity index (χ3v) is 4.63. The average Bonchev–Trinajstić information content (AvgIpc) is 3.05. The second-order valence-corrected chi connectivity index (χ2v) is 6.36. The van der Waals surface area contributed by atoms with Gasteiger partial charge in [-0.1, -0.05) is 19.8 Å². The van der Waals surface area contributed by atoms with Gasteiger partial charge in [-0.05, 0) is 30.9 Å². The molecule has 2 aromatic heterocycles. The summed E-state index contributed by atoms with van der Waals surface area (Å²) < 4.78 is 6.03.